The van der Waals surface area contributed by atoms with E-state index in [1.807, 2.05) is 6.07 Å². The van der Waals surface area contributed by atoms with Crippen molar-refractivity contribution in [2.24, 2.45) is 10.2 Å². The summed E-state index contributed by atoms with van der Waals surface area (Å²) in [7, 11) is 0. The van der Waals surface area contributed by atoms with Gasteiger partial charge in [-0.3, -0.25) is 0 Å². The number of hydrogen-bond donors (Lipinski definition) is 0. The molecule has 0 unspecified atom stereocenters. The van der Waals surface area contributed by atoms with Gasteiger partial charge in [0, 0.05) is 0 Å². The third-order valence-corrected chi connectivity index (χ3v) is 4.64. The maximum Gasteiger partial charge on any atom is 0.381 e. The zero-order chi connectivity index (χ0) is 25.1. The number of ether oxygens (including phenoxy) is 1. The van der Waals surface area contributed by atoms with Crippen LogP contribution in [-0.2, 0) is 0 Å². The lowest BCUT2D eigenvalue weighted by Gasteiger charge is -2.31. The molecule has 3 rings (SSSR count). The summed E-state index contributed by atoms with van der Waals surface area (Å²) >= 11 is 0. The summed E-state index contributed by atoms with van der Waals surface area (Å²) < 4.78 is 108. The molecule has 0 radical (unpaired) electrons. The molecular formula is C22H13F8N3O. The van der Waals surface area contributed by atoms with Gasteiger partial charge in [0.05, 0.1) is 23.0 Å². The number of fused-ring (bicyclic) bond motifs is 1. The van der Waals surface area contributed by atoms with E-state index in [0.29, 0.717) is 11.3 Å². The van der Waals surface area contributed by atoms with Crippen LogP contribution in [0.3, 0.4) is 0 Å². The molecule has 0 spiro atoms. The molecule has 178 valence electrons. The number of benzene rings is 3. The van der Waals surface area contributed by atoms with Crippen LogP contribution in [0.15, 0.2) is 70.9 Å². The highest BCUT2D eigenvalue weighted by Crippen LogP contribution is 2.48. The fraction of sp³-hybridized carbons (Fsp3) is 0.227. The first-order chi connectivity index (χ1) is 15.9. The molecule has 0 N–H and O–H groups in total. The molecule has 0 saturated heterocycles. The van der Waals surface area contributed by atoms with E-state index >= 15 is 0 Å². The standard InChI is InChI=1S/C22H13F8N3O/c23-19(24)21(27,28)22(29,30)20(25,26)12-34-18-7-5-16(6-8-18)32-33-17-4-3-14-9-13(11-31)1-2-15(14)10-17/h1-10,19H,12H2/b33-32+. The maximum absolute atomic E-state index is 13.5. The summed E-state index contributed by atoms with van der Waals surface area (Å²) in [5, 5.41) is 18.5. The second kappa shape index (κ2) is 9.24. The highest BCUT2D eigenvalue weighted by molar-refractivity contribution is 5.86. The molecule has 0 aliphatic heterocycles. The number of nitriles is 1. The monoisotopic (exact) mass is 487 g/mol. The van der Waals surface area contributed by atoms with Crippen LogP contribution >= 0.6 is 0 Å². The van der Waals surface area contributed by atoms with Gasteiger partial charge in [0.15, 0.2) is 6.61 Å². The molecule has 0 amide bonds. The van der Waals surface area contributed by atoms with Gasteiger partial charge in [-0.15, -0.1) is 0 Å². The second-order valence-electron chi connectivity index (χ2n) is 7.04. The van der Waals surface area contributed by atoms with E-state index in [1.165, 1.54) is 12.1 Å². The average Bonchev–Trinajstić information content (AvgIpc) is 2.81. The van der Waals surface area contributed by atoms with Crippen molar-refractivity contribution in [1.82, 2.24) is 0 Å². The van der Waals surface area contributed by atoms with Gasteiger partial charge in [0.25, 0.3) is 0 Å². The van der Waals surface area contributed by atoms with Crippen LogP contribution in [0.1, 0.15) is 5.56 Å². The van der Waals surface area contributed by atoms with Crippen molar-refractivity contribution in [3.05, 3.63) is 66.2 Å². The molecule has 0 heterocycles. The minimum atomic E-state index is -6.33. The predicted octanol–water partition coefficient (Wildman–Crippen LogP) is 7.68. The van der Waals surface area contributed by atoms with Gasteiger partial charge >= 0.3 is 24.2 Å². The van der Waals surface area contributed by atoms with Crippen LogP contribution in [0, 0.1) is 11.3 Å². The van der Waals surface area contributed by atoms with E-state index in [1.54, 1.807) is 36.4 Å². The Morgan fingerprint density at radius 1 is 0.794 bits per heavy atom. The zero-order valence-electron chi connectivity index (χ0n) is 16.8. The van der Waals surface area contributed by atoms with Crippen LogP contribution in [0.4, 0.5) is 46.5 Å². The fourth-order valence-corrected chi connectivity index (χ4v) is 2.73. The van der Waals surface area contributed by atoms with Crippen LogP contribution in [0.5, 0.6) is 5.75 Å². The Hall–Kier alpha value is -3.75. The topological polar surface area (TPSA) is 57.7 Å². The van der Waals surface area contributed by atoms with Gasteiger partial charge in [-0.05, 0) is 59.3 Å². The predicted molar refractivity (Wildman–Crippen MR) is 106 cm³/mol. The largest absolute Gasteiger partial charge is 0.487 e. The number of nitrogens with zero attached hydrogens (tertiary/aromatic N) is 3. The van der Waals surface area contributed by atoms with E-state index in [2.05, 4.69) is 15.0 Å². The van der Waals surface area contributed by atoms with E-state index in [9.17, 15) is 35.1 Å². The Bertz CT molecular complexity index is 1240. The van der Waals surface area contributed by atoms with Gasteiger partial charge in [-0.25, -0.2) is 8.78 Å². The van der Waals surface area contributed by atoms with Crippen molar-refractivity contribution in [3.8, 4) is 11.8 Å². The summed E-state index contributed by atoms with van der Waals surface area (Å²) in [5.41, 5.74) is 1.17. The third kappa shape index (κ3) is 4.93. The van der Waals surface area contributed by atoms with E-state index < -0.39 is 36.5 Å². The van der Waals surface area contributed by atoms with E-state index in [4.69, 9.17) is 5.26 Å². The quantitative estimate of drug-likeness (QED) is 0.242. The highest BCUT2D eigenvalue weighted by Gasteiger charge is 2.75. The van der Waals surface area contributed by atoms with Gasteiger partial charge < -0.3 is 4.74 Å². The summed E-state index contributed by atoms with van der Waals surface area (Å²) in [5.74, 6) is -18.6. The molecule has 3 aromatic carbocycles. The molecule has 0 atom stereocenters. The van der Waals surface area contributed by atoms with Crippen LogP contribution < -0.4 is 4.74 Å². The molecule has 12 heteroatoms. The Morgan fingerprint density at radius 2 is 1.35 bits per heavy atom. The second-order valence-corrected chi connectivity index (χ2v) is 7.04. The Labute approximate surface area is 187 Å². The van der Waals surface area contributed by atoms with Crippen LogP contribution in [0.25, 0.3) is 10.8 Å². The van der Waals surface area contributed by atoms with E-state index in [0.717, 1.165) is 22.9 Å². The van der Waals surface area contributed by atoms with Gasteiger partial charge in [-0.1, -0.05) is 12.1 Å². The molecule has 3 aromatic rings. The van der Waals surface area contributed by atoms with Crippen molar-refractivity contribution in [2.75, 3.05) is 6.61 Å². The number of halogens is 8. The minimum Gasteiger partial charge on any atom is -0.487 e. The summed E-state index contributed by atoms with van der Waals surface area (Å²) in [6.07, 6.45) is -4.99. The summed E-state index contributed by atoms with van der Waals surface area (Å²) in [4.78, 5) is 0. The fourth-order valence-electron chi connectivity index (χ4n) is 2.73. The SMILES string of the molecule is N#Cc1ccc2cc(/N=N/c3ccc(OCC(F)(F)C(F)(F)C(F)(F)C(F)F)cc3)ccc2c1. The maximum atomic E-state index is 13.5. The Kier molecular flexibility index (Phi) is 6.77. The van der Waals surface area contributed by atoms with Gasteiger partial charge in [-0.2, -0.15) is 41.8 Å². The first-order valence-electron chi connectivity index (χ1n) is 9.37. The number of alkyl halides is 8. The van der Waals surface area contributed by atoms with Crippen molar-refractivity contribution >= 4 is 22.1 Å². The molecule has 0 aromatic heterocycles. The highest BCUT2D eigenvalue weighted by atomic mass is 19.4. The molecular weight excluding hydrogens is 474 g/mol. The van der Waals surface area contributed by atoms with Crippen molar-refractivity contribution in [2.45, 2.75) is 24.2 Å². The van der Waals surface area contributed by atoms with Crippen LogP contribution in [-0.4, -0.2) is 30.8 Å². The van der Waals surface area contributed by atoms with Crippen molar-refractivity contribution in [1.29, 1.82) is 5.26 Å². The smallest absolute Gasteiger partial charge is 0.381 e. The molecule has 0 aliphatic carbocycles. The third-order valence-electron chi connectivity index (χ3n) is 4.64. The summed E-state index contributed by atoms with van der Waals surface area (Å²) in [6, 6.07) is 16.7. The number of rotatable bonds is 8. The number of azo groups is 1. The van der Waals surface area contributed by atoms with Crippen LogP contribution in [0.2, 0.25) is 0 Å². The molecule has 34 heavy (non-hydrogen) atoms. The Morgan fingerprint density at radius 3 is 1.97 bits per heavy atom. The first-order valence-corrected chi connectivity index (χ1v) is 9.37. The lowest BCUT2D eigenvalue weighted by atomic mass is 10.1. The van der Waals surface area contributed by atoms with E-state index in [-0.39, 0.29) is 5.69 Å². The molecule has 0 saturated carbocycles. The Balaban J connectivity index is 1.67. The lowest BCUT2D eigenvalue weighted by molar-refractivity contribution is -0.342. The molecule has 0 bridgehead atoms. The number of hydrogen-bond acceptors (Lipinski definition) is 4. The molecule has 4 nitrogen and oxygen atoms in total. The lowest BCUT2D eigenvalue weighted by Crippen LogP contribution is -2.59. The molecule has 0 fully saturated rings. The van der Waals surface area contributed by atoms with Gasteiger partial charge in [0.2, 0.25) is 0 Å². The first kappa shape index (κ1) is 24.9. The van der Waals surface area contributed by atoms with Crippen molar-refractivity contribution in [3.63, 3.8) is 0 Å². The normalized spacial score (nSPS) is 12.9. The summed E-state index contributed by atoms with van der Waals surface area (Å²) in [6.45, 7) is -2.26. The zero-order valence-corrected chi connectivity index (χ0v) is 16.8. The molecule has 0 aliphatic rings. The van der Waals surface area contributed by atoms with Gasteiger partial charge in [0.1, 0.15) is 5.75 Å². The average molecular weight is 487 g/mol. The minimum absolute atomic E-state index is 0.216. The van der Waals surface area contributed by atoms with Crippen molar-refractivity contribution < 1.29 is 39.9 Å².